The Morgan fingerprint density at radius 3 is 2.93 bits per heavy atom. The molecule has 0 fully saturated rings. The van der Waals surface area contributed by atoms with Crippen LogP contribution in [0, 0.1) is 0 Å². The van der Waals surface area contributed by atoms with E-state index in [0.29, 0.717) is 12.6 Å². The maximum Gasteiger partial charge on any atom is 0.119 e. The average molecular weight is 194 g/mol. The summed E-state index contributed by atoms with van der Waals surface area (Å²) in [4.78, 5) is 0. The summed E-state index contributed by atoms with van der Waals surface area (Å²) in [5, 5.41) is 3.32. The van der Waals surface area contributed by atoms with Gasteiger partial charge < -0.3 is 15.8 Å². The molecule has 0 aliphatic heterocycles. The molecule has 3 N–H and O–H groups in total. The lowest BCUT2D eigenvalue weighted by atomic mass is 10.2. The standard InChI is InChI=1S/C11H18N2O/c1-9(7-12)13-8-10-4-3-5-11(6-10)14-2/h3-6,9,13H,7-8,12H2,1-2H3/t9-/m1/s1. The van der Waals surface area contributed by atoms with Crippen molar-refractivity contribution in [3.63, 3.8) is 0 Å². The maximum absolute atomic E-state index is 5.51. The number of ether oxygens (including phenoxy) is 1. The first-order chi connectivity index (χ1) is 6.76. The molecule has 3 nitrogen and oxygen atoms in total. The Labute approximate surface area is 85.3 Å². The van der Waals surface area contributed by atoms with Gasteiger partial charge in [0, 0.05) is 19.1 Å². The van der Waals surface area contributed by atoms with E-state index in [4.69, 9.17) is 10.5 Å². The molecule has 0 heterocycles. The number of hydrogen-bond donors (Lipinski definition) is 2. The van der Waals surface area contributed by atoms with Crippen molar-refractivity contribution in [2.45, 2.75) is 19.5 Å². The Balaban J connectivity index is 2.50. The van der Waals surface area contributed by atoms with Crippen LogP contribution in [0.5, 0.6) is 5.75 Å². The Morgan fingerprint density at radius 1 is 1.50 bits per heavy atom. The van der Waals surface area contributed by atoms with Gasteiger partial charge in [0.1, 0.15) is 5.75 Å². The van der Waals surface area contributed by atoms with E-state index in [0.717, 1.165) is 12.3 Å². The highest BCUT2D eigenvalue weighted by atomic mass is 16.5. The highest BCUT2D eigenvalue weighted by Crippen LogP contribution is 2.12. The van der Waals surface area contributed by atoms with Crippen molar-refractivity contribution in [1.29, 1.82) is 0 Å². The molecule has 1 rings (SSSR count). The molecule has 0 aliphatic carbocycles. The predicted molar refractivity (Wildman–Crippen MR) is 58.4 cm³/mol. The molecule has 0 saturated carbocycles. The van der Waals surface area contributed by atoms with E-state index in [2.05, 4.69) is 18.3 Å². The van der Waals surface area contributed by atoms with Gasteiger partial charge in [-0.05, 0) is 24.6 Å². The lowest BCUT2D eigenvalue weighted by molar-refractivity contribution is 0.414. The first kappa shape index (κ1) is 11.0. The van der Waals surface area contributed by atoms with Gasteiger partial charge in [0.2, 0.25) is 0 Å². The molecule has 0 aliphatic rings. The van der Waals surface area contributed by atoms with Crippen LogP contribution >= 0.6 is 0 Å². The Kier molecular flexibility index (Phi) is 4.43. The van der Waals surface area contributed by atoms with Crippen molar-refractivity contribution < 1.29 is 4.74 Å². The van der Waals surface area contributed by atoms with Gasteiger partial charge in [-0.15, -0.1) is 0 Å². The zero-order valence-corrected chi connectivity index (χ0v) is 8.79. The molecule has 1 aromatic carbocycles. The lowest BCUT2D eigenvalue weighted by Crippen LogP contribution is -2.32. The van der Waals surface area contributed by atoms with Gasteiger partial charge in [0.05, 0.1) is 7.11 Å². The van der Waals surface area contributed by atoms with Gasteiger partial charge in [-0.1, -0.05) is 12.1 Å². The molecular formula is C11H18N2O. The predicted octanol–water partition coefficient (Wildman–Crippen LogP) is 1.13. The summed E-state index contributed by atoms with van der Waals surface area (Å²) in [6.07, 6.45) is 0. The highest BCUT2D eigenvalue weighted by Gasteiger charge is 1.99. The fourth-order valence-corrected chi connectivity index (χ4v) is 1.16. The number of nitrogens with one attached hydrogen (secondary N) is 1. The number of methoxy groups -OCH3 is 1. The quantitative estimate of drug-likeness (QED) is 0.738. The second-order valence-electron chi connectivity index (χ2n) is 3.37. The van der Waals surface area contributed by atoms with Gasteiger partial charge in [-0.25, -0.2) is 0 Å². The van der Waals surface area contributed by atoms with Crippen molar-refractivity contribution in [3.8, 4) is 5.75 Å². The SMILES string of the molecule is COc1cccc(CN[C@H](C)CN)c1. The van der Waals surface area contributed by atoms with Gasteiger partial charge in [-0.3, -0.25) is 0 Å². The normalized spacial score (nSPS) is 12.5. The summed E-state index contributed by atoms with van der Waals surface area (Å²) in [6, 6.07) is 8.37. The molecule has 0 bridgehead atoms. The molecule has 0 amide bonds. The van der Waals surface area contributed by atoms with Gasteiger partial charge in [-0.2, -0.15) is 0 Å². The fourth-order valence-electron chi connectivity index (χ4n) is 1.16. The van der Waals surface area contributed by atoms with Crippen molar-refractivity contribution >= 4 is 0 Å². The van der Waals surface area contributed by atoms with Crippen LogP contribution in [-0.2, 0) is 6.54 Å². The van der Waals surface area contributed by atoms with Crippen molar-refractivity contribution in [1.82, 2.24) is 5.32 Å². The molecule has 14 heavy (non-hydrogen) atoms. The van der Waals surface area contributed by atoms with Crippen LogP contribution in [0.15, 0.2) is 24.3 Å². The van der Waals surface area contributed by atoms with Crippen LogP contribution in [0.3, 0.4) is 0 Å². The van der Waals surface area contributed by atoms with E-state index in [1.165, 1.54) is 5.56 Å². The molecule has 0 unspecified atom stereocenters. The van der Waals surface area contributed by atoms with E-state index < -0.39 is 0 Å². The molecule has 0 radical (unpaired) electrons. The zero-order chi connectivity index (χ0) is 10.4. The molecule has 1 atom stereocenters. The second-order valence-corrected chi connectivity index (χ2v) is 3.37. The topological polar surface area (TPSA) is 47.3 Å². The number of hydrogen-bond acceptors (Lipinski definition) is 3. The van der Waals surface area contributed by atoms with Crippen LogP contribution in [-0.4, -0.2) is 19.7 Å². The summed E-state index contributed by atoms with van der Waals surface area (Å²) < 4.78 is 5.14. The van der Waals surface area contributed by atoms with Crippen LogP contribution in [0.1, 0.15) is 12.5 Å². The molecule has 0 saturated heterocycles. The minimum atomic E-state index is 0.348. The first-order valence-electron chi connectivity index (χ1n) is 4.82. The zero-order valence-electron chi connectivity index (χ0n) is 8.79. The smallest absolute Gasteiger partial charge is 0.119 e. The fraction of sp³-hybridized carbons (Fsp3) is 0.455. The van der Waals surface area contributed by atoms with Crippen molar-refractivity contribution in [3.05, 3.63) is 29.8 Å². The summed E-state index contributed by atoms with van der Waals surface area (Å²) in [7, 11) is 1.68. The van der Waals surface area contributed by atoms with Gasteiger partial charge in [0.15, 0.2) is 0 Å². The van der Waals surface area contributed by atoms with Crippen LogP contribution in [0.4, 0.5) is 0 Å². The molecule has 0 spiro atoms. The third-order valence-corrected chi connectivity index (χ3v) is 2.14. The van der Waals surface area contributed by atoms with Crippen LogP contribution in [0.25, 0.3) is 0 Å². The van der Waals surface area contributed by atoms with E-state index in [1.54, 1.807) is 7.11 Å². The van der Waals surface area contributed by atoms with Crippen molar-refractivity contribution in [2.75, 3.05) is 13.7 Å². The molecular weight excluding hydrogens is 176 g/mol. The van der Waals surface area contributed by atoms with E-state index in [-0.39, 0.29) is 0 Å². The van der Waals surface area contributed by atoms with E-state index in [1.807, 2.05) is 18.2 Å². The lowest BCUT2D eigenvalue weighted by Gasteiger charge is -2.11. The Bertz CT molecular complexity index is 276. The number of nitrogens with two attached hydrogens (primary N) is 1. The van der Waals surface area contributed by atoms with Gasteiger partial charge in [0.25, 0.3) is 0 Å². The average Bonchev–Trinajstić information content (AvgIpc) is 2.26. The summed E-state index contributed by atoms with van der Waals surface area (Å²) in [5.41, 5.74) is 6.72. The Morgan fingerprint density at radius 2 is 2.29 bits per heavy atom. The maximum atomic E-state index is 5.51. The Hall–Kier alpha value is -1.06. The monoisotopic (exact) mass is 194 g/mol. The van der Waals surface area contributed by atoms with Gasteiger partial charge >= 0.3 is 0 Å². The summed E-state index contributed by atoms with van der Waals surface area (Å²) in [5.74, 6) is 0.893. The second kappa shape index (κ2) is 5.62. The largest absolute Gasteiger partial charge is 0.497 e. The number of benzene rings is 1. The van der Waals surface area contributed by atoms with Crippen LogP contribution in [0.2, 0.25) is 0 Å². The van der Waals surface area contributed by atoms with E-state index in [9.17, 15) is 0 Å². The van der Waals surface area contributed by atoms with E-state index >= 15 is 0 Å². The minimum absolute atomic E-state index is 0.348. The molecule has 78 valence electrons. The summed E-state index contributed by atoms with van der Waals surface area (Å²) >= 11 is 0. The molecule has 0 aromatic heterocycles. The third-order valence-electron chi connectivity index (χ3n) is 2.14. The minimum Gasteiger partial charge on any atom is -0.497 e. The highest BCUT2D eigenvalue weighted by molar-refractivity contribution is 5.28. The summed E-state index contributed by atoms with van der Waals surface area (Å²) in [6.45, 7) is 3.56. The van der Waals surface area contributed by atoms with Crippen LogP contribution < -0.4 is 15.8 Å². The first-order valence-corrected chi connectivity index (χ1v) is 4.82. The molecule has 3 heteroatoms. The van der Waals surface area contributed by atoms with Crippen molar-refractivity contribution in [2.24, 2.45) is 5.73 Å². The third kappa shape index (κ3) is 3.36. The molecule has 1 aromatic rings. The number of rotatable bonds is 5.